The summed E-state index contributed by atoms with van der Waals surface area (Å²) in [5.41, 5.74) is 4.01. The molecule has 110 valence electrons. The molecule has 5 rings (SSSR count). The van der Waals surface area contributed by atoms with Gasteiger partial charge in [0.05, 0.1) is 5.69 Å². The highest BCUT2D eigenvalue weighted by Gasteiger charge is 2.56. The molecule has 1 aromatic carbocycles. The van der Waals surface area contributed by atoms with Crippen LogP contribution in [0.1, 0.15) is 37.1 Å². The van der Waals surface area contributed by atoms with Gasteiger partial charge >= 0.3 is 0 Å². The molecule has 1 aliphatic carbocycles. The van der Waals surface area contributed by atoms with Crippen molar-refractivity contribution in [3.05, 3.63) is 35.5 Å². The molecule has 0 radical (unpaired) electrons. The zero-order chi connectivity index (χ0) is 14.2. The van der Waals surface area contributed by atoms with Gasteiger partial charge in [0.1, 0.15) is 5.60 Å². The van der Waals surface area contributed by atoms with Crippen molar-refractivity contribution >= 4 is 10.9 Å². The number of hydrogen-bond acceptors (Lipinski definition) is 2. The Morgan fingerprint density at radius 1 is 1.29 bits per heavy atom. The normalized spacial score (nSPS) is 38.5. The quantitative estimate of drug-likeness (QED) is 0.802. The first-order chi connectivity index (χ1) is 10.2. The van der Waals surface area contributed by atoms with Crippen LogP contribution in [0.15, 0.2) is 24.3 Å². The van der Waals surface area contributed by atoms with E-state index < -0.39 is 0 Å². The molecule has 3 nitrogen and oxygen atoms in total. The predicted molar refractivity (Wildman–Crippen MR) is 83.2 cm³/mol. The molecule has 2 fully saturated rings. The molecule has 0 spiro atoms. The fourth-order valence-corrected chi connectivity index (χ4v) is 5.35. The molecule has 3 heteroatoms. The lowest BCUT2D eigenvalue weighted by Crippen LogP contribution is -2.57. The number of para-hydroxylation sites is 1. The lowest BCUT2D eigenvalue weighted by molar-refractivity contribution is -0.182. The van der Waals surface area contributed by atoms with E-state index in [1.165, 1.54) is 41.5 Å². The number of aromatic amines is 1. The molecule has 2 aliphatic heterocycles. The first-order valence-electron chi connectivity index (χ1n) is 8.15. The van der Waals surface area contributed by atoms with Gasteiger partial charge in [-0.05, 0) is 51.3 Å². The summed E-state index contributed by atoms with van der Waals surface area (Å²) in [5.74, 6) is 1.40. The van der Waals surface area contributed by atoms with Gasteiger partial charge in [-0.3, -0.25) is 4.90 Å². The Hall–Kier alpha value is -1.32. The molecule has 0 saturated carbocycles. The van der Waals surface area contributed by atoms with Crippen molar-refractivity contribution in [3.8, 4) is 0 Å². The molecule has 4 bridgehead atoms. The number of piperidine rings is 1. The Morgan fingerprint density at radius 3 is 3.05 bits per heavy atom. The highest BCUT2D eigenvalue weighted by molar-refractivity contribution is 5.86. The smallest absolute Gasteiger partial charge is 0.108 e. The van der Waals surface area contributed by atoms with Crippen molar-refractivity contribution in [1.29, 1.82) is 0 Å². The molecule has 3 heterocycles. The molecule has 1 N–H and O–H groups in total. The fraction of sp³-hybridized carbons (Fsp3) is 0.556. The van der Waals surface area contributed by atoms with E-state index in [-0.39, 0.29) is 5.60 Å². The predicted octanol–water partition coefficient (Wildman–Crippen LogP) is 3.43. The second-order valence-electron chi connectivity index (χ2n) is 7.19. The zero-order valence-corrected chi connectivity index (χ0v) is 12.7. The summed E-state index contributed by atoms with van der Waals surface area (Å²) in [7, 11) is 2.30. The summed E-state index contributed by atoms with van der Waals surface area (Å²) < 4.78 is 6.36. The number of benzene rings is 1. The number of fused-ring (bicyclic) bond motifs is 5. The lowest BCUT2D eigenvalue weighted by Gasteiger charge is -2.57. The van der Waals surface area contributed by atoms with E-state index in [1.807, 2.05) is 0 Å². The van der Waals surface area contributed by atoms with E-state index in [4.69, 9.17) is 4.74 Å². The summed E-state index contributed by atoms with van der Waals surface area (Å²) in [6.45, 7) is 4.40. The number of rotatable bonds is 0. The molecule has 3 aliphatic rings. The second-order valence-corrected chi connectivity index (χ2v) is 7.19. The highest BCUT2D eigenvalue weighted by Crippen LogP contribution is 2.59. The van der Waals surface area contributed by atoms with Crippen LogP contribution in [0.4, 0.5) is 0 Å². The standard InChI is InChI=1S/C18H22N2O/c1-18-13-7-9-20(2)16(11(13)8-10-21-18)15-12-5-3-4-6-14(12)19-17(15)18/h3-6,11,13,16,19H,7-10H2,1-2H3. The van der Waals surface area contributed by atoms with Crippen LogP contribution in [0.25, 0.3) is 10.9 Å². The highest BCUT2D eigenvalue weighted by atomic mass is 16.5. The van der Waals surface area contributed by atoms with Gasteiger partial charge in [0.2, 0.25) is 0 Å². The summed E-state index contributed by atoms with van der Waals surface area (Å²) in [6.07, 6.45) is 2.46. The van der Waals surface area contributed by atoms with Crippen LogP contribution >= 0.6 is 0 Å². The van der Waals surface area contributed by atoms with Crippen LogP contribution < -0.4 is 0 Å². The monoisotopic (exact) mass is 282 g/mol. The molecule has 0 amide bonds. The van der Waals surface area contributed by atoms with Gasteiger partial charge < -0.3 is 9.72 Å². The Morgan fingerprint density at radius 2 is 2.14 bits per heavy atom. The van der Waals surface area contributed by atoms with Crippen molar-refractivity contribution in [2.75, 3.05) is 20.2 Å². The van der Waals surface area contributed by atoms with Crippen molar-refractivity contribution in [2.45, 2.75) is 31.4 Å². The molecule has 4 atom stereocenters. The van der Waals surface area contributed by atoms with Crippen molar-refractivity contribution < 1.29 is 4.74 Å². The van der Waals surface area contributed by atoms with Gasteiger partial charge in [0.25, 0.3) is 0 Å². The Labute approximate surface area is 125 Å². The SMILES string of the molecule is CN1CCC2C3CCOC2(C)c2[nH]c4ccccc4c2C31. The van der Waals surface area contributed by atoms with E-state index in [2.05, 4.69) is 48.1 Å². The van der Waals surface area contributed by atoms with Crippen LogP contribution in [0.2, 0.25) is 0 Å². The summed E-state index contributed by atoms with van der Waals surface area (Å²) in [4.78, 5) is 6.28. The third kappa shape index (κ3) is 1.37. The number of nitrogens with one attached hydrogen (secondary N) is 1. The van der Waals surface area contributed by atoms with Crippen molar-refractivity contribution in [3.63, 3.8) is 0 Å². The lowest BCUT2D eigenvalue weighted by atomic mass is 9.60. The largest absolute Gasteiger partial charge is 0.369 e. The zero-order valence-electron chi connectivity index (χ0n) is 12.7. The third-order valence-corrected chi connectivity index (χ3v) is 6.29. The maximum absolute atomic E-state index is 6.36. The van der Waals surface area contributed by atoms with Crippen LogP contribution in [0, 0.1) is 11.8 Å². The number of nitrogens with zero attached hydrogens (tertiary/aromatic N) is 1. The van der Waals surface area contributed by atoms with E-state index in [0.717, 1.165) is 12.5 Å². The minimum Gasteiger partial charge on any atom is -0.369 e. The van der Waals surface area contributed by atoms with Crippen molar-refractivity contribution in [1.82, 2.24) is 9.88 Å². The van der Waals surface area contributed by atoms with E-state index in [9.17, 15) is 0 Å². The average molecular weight is 282 g/mol. The van der Waals surface area contributed by atoms with Crippen LogP contribution in [-0.2, 0) is 10.3 Å². The summed E-state index contributed by atoms with van der Waals surface area (Å²) >= 11 is 0. The molecule has 2 aromatic rings. The molecular formula is C18H22N2O. The summed E-state index contributed by atoms with van der Waals surface area (Å²) in [5, 5.41) is 1.39. The Kier molecular flexibility index (Phi) is 2.28. The van der Waals surface area contributed by atoms with Gasteiger partial charge in [0.15, 0.2) is 0 Å². The summed E-state index contributed by atoms with van der Waals surface area (Å²) in [6, 6.07) is 9.31. The van der Waals surface area contributed by atoms with Crippen LogP contribution in [-0.4, -0.2) is 30.1 Å². The number of likely N-dealkylation sites (tertiary alicyclic amines) is 1. The van der Waals surface area contributed by atoms with Crippen LogP contribution in [0.5, 0.6) is 0 Å². The number of ether oxygens (including phenoxy) is 1. The minimum atomic E-state index is -0.116. The van der Waals surface area contributed by atoms with Gasteiger partial charge in [-0.2, -0.15) is 0 Å². The number of aromatic nitrogens is 1. The first kappa shape index (κ1) is 12.2. The fourth-order valence-electron chi connectivity index (χ4n) is 5.35. The molecule has 4 unspecified atom stereocenters. The van der Waals surface area contributed by atoms with Gasteiger partial charge in [-0.15, -0.1) is 0 Å². The number of hydrogen-bond donors (Lipinski definition) is 1. The molecule has 1 aromatic heterocycles. The van der Waals surface area contributed by atoms with Gasteiger partial charge in [0, 0.05) is 29.1 Å². The first-order valence-corrected chi connectivity index (χ1v) is 8.15. The van der Waals surface area contributed by atoms with Gasteiger partial charge in [-0.1, -0.05) is 18.2 Å². The average Bonchev–Trinajstić information content (AvgIpc) is 2.86. The number of H-pyrrole nitrogens is 1. The Balaban J connectivity index is 1.87. The van der Waals surface area contributed by atoms with E-state index in [1.54, 1.807) is 0 Å². The van der Waals surface area contributed by atoms with E-state index >= 15 is 0 Å². The molecular weight excluding hydrogens is 260 g/mol. The topological polar surface area (TPSA) is 28.3 Å². The maximum Gasteiger partial charge on any atom is 0.108 e. The maximum atomic E-state index is 6.36. The molecule has 2 saturated heterocycles. The van der Waals surface area contributed by atoms with E-state index in [0.29, 0.717) is 12.0 Å². The van der Waals surface area contributed by atoms with Crippen molar-refractivity contribution in [2.24, 2.45) is 11.8 Å². The molecule has 21 heavy (non-hydrogen) atoms. The van der Waals surface area contributed by atoms with Gasteiger partial charge in [-0.25, -0.2) is 0 Å². The second kappa shape index (κ2) is 3.90. The minimum absolute atomic E-state index is 0.116. The Bertz CT molecular complexity index is 721. The van der Waals surface area contributed by atoms with Crippen LogP contribution in [0.3, 0.4) is 0 Å². The third-order valence-electron chi connectivity index (χ3n) is 6.29.